The van der Waals surface area contributed by atoms with Crippen LogP contribution < -0.4 is 0 Å². The van der Waals surface area contributed by atoms with Crippen molar-refractivity contribution in [3.05, 3.63) is 11.8 Å². The van der Waals surface area contributed by atoms with Crippen LogP contribution >= 0.6 is 0 Å². The quantitative estimate of drug-likeness (QED) is 0.100. The van der Waals surface area contributed by atoms with E-state index in [0.717, 1.165) is 0 Å². The van der Waals surface area contributed by atoms with Crippen molar-refractivity contribution in [1.29, 1.82) is 0 Å². The standard InChI is InChI=1S/C24H32O24/c25-2-1-3(17(33)34)42-22(4(2)26)44-12-6(28)9(31)24(47-15(12)19(37)38)46-13-7(29)10(32)23(48-16(13)20(39)40)45-11-5(27)8(30)21(41)43-14(11)18(35)36/h1-2,4-16,21-32,41H,(H,33,34)(H,35,36)(H,37,38)(H,39,40)/t2-,4-,5+,6+,7+,8-,9-,10-,11-,12-,13-,14+,15+,16-,21+,22-,23+,24+/m0/s1. The molecule has 48 heavy (non-hydrogen) atoms. The van der Waals surface area contributed by atoms with Gasteiger partial charge in [-0.3, -0.25) is 0 Å². The second-order valence-corrected chi connectivity index (χ2v) is 10.9. The van der Waals surface area contributed by atoms with Gasteiger partial charge in [-0.15, -0.1) is 0 Å². The minimum atomic E-state index is -2.41. The third kappa shape index (κ3) is 7.37. The number of rotatable bonds is 10. The molecule has 0 spiro atoms. The van der Waals surface area contributed by atoms with Gasteiger partial charge in [0.2, 0.25) is 12.0 Å². The Kier molecular flexibility index (Phi) is 11.6. The highest BCUT2D eigenvalue weighted by molar-refractivity contribution is 5.84. The van der Waals surface area contributed by atoms with Gasteiger partial charge in [-0.25, -0.2) is 19.2 Å². The molecule has 0 unspecified atom stereocenters. The molecule has 3 fully saturated rings. The summed E-state index contributed by atoms with van der Waals surface area (Å²) in [5, 5.41) is 131. The van der Waals surface area contributed by atoms with E-state index in [1.165, 1.54) is 0 Å². The number of aliphatic hydroxyl groups excluding tert-OH is 9. The highest BCUT2D eigenvalue weighted by Gasteiger charge is 2.57. The second kappa shape index (κ2) is 14.7. The molecule has 0 aromatic heterocycles. The first-order valence-electron chi connectivity index (χ1n) is 13.7. The van der Waals surface area contributed by atoms with Crippen molar-refractivity contribution in [3.8, 4) is 0 Å². The molecule has 3 saturated heterocycles. The minimum Gasteiger partial charge on any atom is -0.479 e. The van der Waals surface area contributed by atoms with Gasteiger partial charge in [0, 0.05) is 0 Å². The fraction of sp³-hybridized carbons (Fsp3) is 0.750. The number of aliphatic carboxylic acids is 4. The first-order valence-corrected chi connectivity index (χ1v) is 13.7. The summed E-state index contributed by atoms with van der Waals surface area (Å²) in [4.78, 5) is 47.0. The van der Waals surface area contributed by atoms with Crippen LogP contribution in [-0.4, -0.2) is 201 Å². The van der Waals surface area contributed by atoms with E-state index in [1.54, 1.807) is 0 Å². The van der Waals surface area contributed by atoms with Crippen LogP contribution in [0.2, 0.25) is 0 Å². The predicted molar refractivity (Wildman–Crippen MR) is 134 cm³/mol. The van der Waals surface area contributed by atoms with Crippen molar-refractivity contribution < 1.29 is 119 Å². The summed E-state index contributed by atoms with van der Waals surface area (Å²) in [6.45, 7) is 0. The minimum absolute atomic E-state index is 0.595. The molecule has 0 saturated carbocycles. The van der Waals surface area contributed by atoms with Crippen LogP contribution in [-0.2, 0) is 52.3 Å². The molecule has 24 nitrogen and oxygen atoms in total. The number of ether oxygens (including phenoxy) is 7. The molecule has 24 heteroatoms. The average Bonchev–Trinajstić information content (AvgIpc) is 3.01. The van der Waals surface area contributed by atoms with E-state index in [2.05, 4.69) is 4.74 Å². The molecule has 272 valence electrons. The lowest BCUT2D eigenvalue weighted by Crippen LogP contribution is -2.68. The molecule has 0 bridgehead atoms. The lowest BCUT2D eigenvalue weighted by atomic mass is 9.95. The zero-order valence-electron chi connectivity index (χ0n) is 23.8. The third-order valence-corrected chi connectivity index (χ3v) is 7.66. The van der Waals surface area contributed by atoms with E-state index in [9.17, 15) is 80.5 Å². The van der Waals surface area contributed by atoms with E-state index >= 15 is 0 Å². The zero-order chi connectivity index (χ0) is 35.9. The molecule has 4 rings (SSSR count). The van der Waals surface area contributed by atoms with Crippen molar-refractivity contribution in [2.24, 2.45) is 0 Å². The Balaban J connectivity index is 1.51. The van der Waals surface area contributed by atoms with Gasteiger partial charge in [-0.05, 0) is 6.08 Å². The van der Waals surface area contributed by atoms with E-state index in [-0.39, 0.29) is 0 Å². The first kappa shape index (κ1) is 37.6. The van der Waals surface area contributed by atoms with Crippen LogP contribution in [0.4, 0.5) is 0 Å². The van der Waals surface area contributed by atoms with Crippen LogP contribution in [0.15, 0.2) is 11.8 Å². The van der Waals surface area contributed by atoms with E-state index < -0.39 is 140 Å². The van der Waals surface area contributed by atoms with Gasteiger partial charge in [-0.1, -0.05) is 0 Å². The van der Waals surface area contributed by atoms with Crippen LogP contribution in [0.3, 0.4) is 0 Å². The molecule has 4 heterocycles. The Morgan fingerprint density at radius 3 is 1.27 bits per heavy atom. The van der Waals surface area contributed by atoms with Gasteiger partial charge < -0.3 is 99.5 Å². The monoisotopic (exact) mass is 704 g/mol. The fourth-order valence-electron chi connectivity index (χ4n) is 5.14. The maximum Gasteiger partial charge on any atom is 0.371 e. The molecule has 0 aromatic rings. The fourth-order valence-corrected chi connectivity index (χ4v) is 5.14. The number of aliphatic hydroxyl groups is 9. The molecule has 13 N–H and O–H groups in total. The Morgan fingerprint density at radius 1 is 0.500 bits per heavy atom. The van der Waals surface area contributed by atoms with Gasteiger partial charge in [0.25, 0.3) is 0 Å². The Morgan fingerprint density at radius 2 is 0.875 bits per heavy atom. The average molecular weight is 704 g/mol. The van der Waals surface area contributed by atoms with Crippen LogP contribution in [0.1, 0.15) is 0 Å². The van der Waals surface area contributed by atoms with Crippen LogP contribution in [0.5, 0.6) is 0 Å². The van der Waals surface area contributed by atoms with E-state index in [1.807, 2.05) is 0 Å². The predicted octanol–water partition coefficient (Wildman–Crippen LogP) is -8.23. The molecule has 4 aliphatic rings. The van der Waals surface area contributed by atoms with Crippen molar-refractivity contribution in [2.45, 2.75) is 111 Å². The van der Waals surface area contributed by atoms with Crippen molar-refractivity contribution >= 4 is 23.9 Å². The van der Waals surface area contributed by atoms with Crippen molar-refractivity contribution in [3.63, 3.8) is 0 Å². The summed E-state index contributed by atoms with van der Waals surface area (Å²) >= 11 is 0. The number of carboxylic acid groups (broad SMARTS) is 4. The molecule has 0 aliphatic carbocycles. The number of hydrogen-bond donors (Lipinski definition) is 13. The number of carboxylic acids is 4. The van der Waals surface area contributed by atoms with Gasteiger partial charge in [0.15, 0.2) is 37.2 Å². The topological polar surface area (TPSA) is 396 Å². The highest BCUT2D eigenvalue weighted by Crippen LogP contribution is 2.34. The third-order valence-electron chi connectivity index (χ3n) is 7.66. The second-order valence-electron chi connectivity index (χ2n) is 10.9. The van der Waals surface area contributed by atoms with E-state index in [0.29, 0.717) is 6.08 Å². The van der Waals surface area contributed by atoms with Gasteiger partial charge in [-0.2, -0.15) is 0 Å². The first-order chi connectivity index (χ1) is 22.3. The summed E-state index contributed by atoms with van der Waals surface area (Å²) in [6.07, 6.45) is -39.8. The number of hydrogen-bond acceptors (Lipinski definition) is 20. The highest BCUT2D eigenvalue weighted by atomic mass is 16.8. The maximum absolute atomic E-state index is 12.1. The smallest absolute Gasteiger partial charge is 0.371 e. The summed E-state index contributed by atoms with van der Waals surface area (Å²) in [7, 11) is 0. The zero-order valence-corrected chi connectivity index (χ0v) is 23.8. The SMILES string of the molecule is O=C(O)C1=C[C@H](O)[C@H](O)[C@H](O[C@H]2[C@H](O)[C@H](O)[C@H](O[C@H]3[C@H](O)[C@H](O)[C@H](O[C@H]4[C@H](O)[C@H](O)[C@H](O)O[C@H]4C(=O)O)O[C@@H]3C(=O)O)O[C@H]2C(=O)O)O1. The molecule has 0 aromatic carbocycles. The summed E-state index contributed by atoms with van der Waals surface area (Å²) < 4.78 is 35.4. The number of carbonyl (C=O) groups is 4. The summed E-state index contributed by atoms with van der Waals surface area (Å²) in [5.74, 6) is -8.39. The lowest BCUT2D eigenvalue weighted by molar-refractivity contribution is -0.373. The summed E-state index contributed by atoms with van der Waals surface area (Å²) in [5.41, 5.74) is 0. The van der Waals surface area contributed by atoms with Gasteiger partial charge >= 0.3 is 23.9 Å². The Hall–Kier alpha value is -3.18. The van der Waals surface area contributed by atoms with Crippen molar-refractivity contribution in [2.75, 3.05) is 0 Å². The van der Waals surface area contributed by atoms with E-state index in [4.69, 9.17) is 33.5 Å². The van der Waals surface area contributed by atoms with Gasteiger partial charge in [0.05, 0.1) is 0 Å². The molecular weight excluding hydrogens is 672 g/mol. The largest absolute Gasteiger partial charge is 0.479 e. The lowest BCUT2D eigenvalue weighted by Gasteiger charge is -2.47. The van der Waals surface area contributed by atoms with Gasteiger partial charge in [0.1, 0.15) is 67.1 Å². The molecular formula is C24H32O24. The Labute approximate surface area is 265 Å². The molecule has 18 atom stereocenters. The molecule has 0 radical (unpaired) electrons. The molecule has 0 amide bonds. The maximum atomic E-state index is 12.1. The Bertz CT molecular complexity index is 1240. The van der Waals surface area contributed by atoms with Crippen LogP contribution in [0.25, 0.3) is 0 Å². The molecule has 4 aliphatic heterocycles. The normalized spacial score (nSPS) is 46.6. The summed E-state index contributed by atoms with van der Waals surface area (Å²) in [6, 6.07) is 0. The van der Waals surface area contributed by atoms with Crippen LogP contribution in [0, 0.1) is 0 Å². The van der Waals surface area contributed by atoms with Crippen molar-refractivity contribution in [1.82, 2.24) is 0 Å².